The molecule has 172 valence electrons. The van der Waals surface area contributed by atoms with Gasteiger partial charge in [0.25, 0.3) is 0 Å². The van der Waals surface area contributed by atoms with Crippen LogP contribution in [0, 0.1) is 13.8 Å². The summed E-state index contributed by atoms with van der Waals surface area (Å²) in [6.07, 6.45) is 0. The number of thiophene rings is 2. The van der Waals surface area contributed by atoms with Gasteiger partial charge in [0, 0.05) is 20.5 Å². The van der Waals surface area contributed by atoms with Crippen molar-refractivity contribution in [1.82, 2.24) is 0 Å². The Bertz CT molecular complexity index is 1980. The minimum Gasteiger partial charge on any atom is -0.455 e. The molecule has 0 radical (unpaired) electrons. The molecule has 0 saturated carbocycles. The highest BCUT2D eigenvalue weighted by atomic mass is 32.1. The van der Waals surface area contributed by atoms with Crippen molar-refractivity contribution in [2.75, 3.05) is 0 Å². The van der Waals surface area contributed by atoms with Gasteiger partial charge in [-0.3, -0.25) is 0 Å². The van der Waals surface area contributed by atoms with Crippen molar-refractivity contribution in [2.45, 2.75) is 13.8 Å². The van der Waals surface area contributed by atoms with Crippen LogP contribution < -0.4 is 0 Å². The number of aryl methyl sites for hydroxylation is 2. The first-order valence-corrected chi connectivity index (χ1v) is 13.6. The molecular weight excluding hydrogens is 480 g/mol. The van der Waals surface area contributed by atoms with Crippen molar-refractivity contribution >= 4 is 76.9 Å². The predicted octanol–water partition coefficient (Wildman–Crippen LogP) is 10.7. The Labute approximate surface area is 215 Å². The van der Waals surface area contributed by atoms with Crippen molar-refractivity contribution in [3.8, 4) is 21.3 Å². The van der Waals surface area contributed by atoms with Crippen LogP contribution in [0.15, 0.2) is 93.8 Å². The second-order valence-electron chi connectivity index (χ2n) is 9.41. The third kappa shape index (κ3) is 2.89. The van der Waals surface area contributed by atoms with Gasteiger partial charge < -0.3 is 8.83 Å². The van der Waals surface area contributed by atoms with Gasteiger partial charge in [0.15, 0.2) is 0 Å². The smallest absolute Gasteiger partial charge is 0.145 e. The Morgan fingerprint density at radius 3 is 1.14 bits per heavy atom. The largest absolute Gasteiger partial charge is 0.455 e. The van der Waals surface area contributed by atoms with Crippen molar-refractivity contribution < 1.29 is 8.83 Å². The lowest BCUT2D eigenvalue weighted by atomic mass is 9.94. The van der Waals surface area contributed by atoms with E-state index >= 15 is 0 Å². The fourth-order valence-corrected chi connectivity index (χ4v) is 7.10. The molecule has 0 amide bonds. The van der Waals surface area contributed by atoms with E-state index in [1.807, 2.05) is 0 Å². The molecule has 8 aromatic rings. The lowest BCUT2D eigenvalue weighted by Crippen LogP contribution is -1.82. The monoisotopic (exact) mass is 500 g/mol. The summed E-state index contributed by atoms with van der Waals surface area (Å²) in [5.41, 5.74) is 1.86. The standard InChI is InChI=1S/C32H20O2S2/c1-17-3-13-31(35-17)29-15-25-23-7-5-20-19(21(23)9-11-27(25)33-29)6-8-24-22(20)10-12-28-26(24)16-30(34-28)32-14-4-18(2)36-32/h3-16H,1-2H3. The molecule has 0 fully saturated rings. The molecule has 36 heavy (non-hydrogen) atoms. The molecule has 4 aromatic heterocycles. The fraction of sp³-hybridized carbons (Fsp3) is 0.0625. The van der Waals surface area contributed by atoms with Crippen LogP contribution in [0.25, 0.3) is 75.5 Å². The summed E-state index contributed by atoms with van der Waals surface area (Å²) in [4.78, 5) is 4.92. The maximum absolute atomic E-state index is 6.25. The van der Waals surface area contributed by atoms with Crippen LogP contribution in [0.1, 0.15) is 9.75 Å². The van der Waals surface area contributed by atoms with E-state index in [1.54, 1.807) is 22.7 Å². The van der Waals surface area contributed by atoms with Gasteiger partial charge >= 0.3 is 0 Å². The molecule has 0 aliphatic carbocycles. The Morgan fingerprint density at radius 2 is 0.778 bits per heavy atom. The van der Waals surface area contributed by atoms with Crippen LogP contribution in [0.5, 0.6) is 0 Å². The minimum atomic E-state index is 0.931. The molecule has 0 bridgehead atoms. The first-order chi connectivity index (χ1) is 17.6. The van der Waals surface area contributed by atoms with Crippen molar-refractivity contribution in [3.05, 3.63) is 94.7 Å². The summed E-state index contributed by atoms with van der Waals surface area (Å²) in [5, 5.41) is 9.79. The maximum atomic E-state index is 6.25. The van der Waals surface area contributed by atoms with E-state index < -0.39 is 0 Å². The molecular formula is C32H20O2S2. The van der Waals surface area contributed by atoms with Crippen LogP contribution in [0.3, 0.4) is 0 Å². The first kappa shape index (κ1) is 20.3. The van der Waals surface area contributed by atoms with Crippen LogP contribution in [0.4, 0.5) is 0 Å². The highest BCUT2D eigenvalue weighted by Crippen LogP contribution is 2.41. The zero-order valence-corrected chi connectivity index (χ0v) is 21.3. The minimum absolute atomic E-state index is 0.931. The zero-order chi connectivity index (χ0) is 24.0. The Hall–Kier alpha value is -3.86. The molecule has 0 N–H and O–H groups in total. The van der Waals surface area contributed by atoms with E-state index in [0.29, 0.717) is 0 Å². The van der Waals surface area contributed by atoms with Crippen LogP contribution in [-0.2, 0) is 0 Å². The molecule has 4 heterocycles. The lowest BCUT2D eigenvalue weighted by molar-refractivity contribution is 0.633. The number of fused-ring (bicyclic) bond motifs is 9. The van der Waals surface area contributed by atoms with Gasteiger partial charge in [0.1, 0.15) is 22.7 Å². The molecule has 0 aliphatic rings. The number of hydrogen-bond acceptors (Lipinski definition) is 4. The normalized spacial score (nSPS) is 12.2. The summed E-state index contributed by atoms with van der Waals surface area (Å²) < 4.78 is 12.5. The van der Waals surface area contributed by atoms with Crippen molar-refractivity contribution in [3.63, 3.8) is 0 Å². The number of hydrogen-bond donors (Lipinski definition) is 0. The summed E-state index contributed by atoms with van der Waals surface area (Å²) in [6, 6.07) is 30.6. The van der Waals surface area contributed by atoms with E-state index in [1.165, 1.54) is 51.8 Å². The van der Waals surface area contributed by atoms with Crippen LogP contribution in [-0.4, -0.2) is 0 Å². The highest BCUT2D eigenvalue weighted by molar-refractivity contribution is 7.15. The molecule has 0 spiro atoms. The summed E-state index contributed by atoms with van der Waals surface area (Å²) in [6.45, 7) is 4.26. The molecule has 0 saturated heterocycles. The zero-order valence-electron chi connectivity index (χ0n) is 19.7. The molecule has 0 unspecified atom stereocenters. The SMILES string of the molecule is Cc1ccc(-c2cc3c(ccc4c3ccc3c5ccc6oc(-c7ccc(C)s7)cc6c5ccc43)o2)s1. The van der Waals surface area contributed by atoms with Gasteiger partial charge in [-0.05, 0) is 94.7 Å². The number of rotatable bonds is 2. The molecule has 8 rings (SSSR count). The van der Waals surface area contributed by atoms with Gasteiger partial charge in [-0.15, -0.1) is 22.7 Å². The predicted molar refractivity (Wildman–Crippen MR) is 155 cm³/mol. The lowest BCUT2D eigenvalue weighted by Gasteiger charge is -2.08. The van der Waals surface area contributed by atoms with Crippen LogP contribution >= 0.6 is 22.7 Å². The van der Waals surface area contributed by atoms with Gasteiger partial charge in [0.05, 0.1) is 9.75 Å². The molecule has 0 atom stereocenters. The molecule has 4 heteroatoms. The second-order valence-corrected chi connectivity index (χ2v) is 12.0. The van der Waals surface area contributed by atoms with Gasteiger partial charge in [0.2, 0.25) is 0 Å². The quantitative estimate of drug-likeness (QED) is 0.221. The van der Waals surface area contributed by atoms with Crippen LogP contribution in [0.2, 0.25) is 0 Å². The first-order valence-electron chi connectivity index (χ1n) is 12.0. The van der Waals surface area contributed by atoms with E-state index in [0.717, 1.165) is 33.5 Å². The fourth-order valence-electron chi connectivity index (χ4n) is 5.45. The summed E-state index contributed by atoms with van der Waals surface area (Å²) in [5.74, 6) is 1.88. The van der Waals surface area contributed by atoms with Gasteiger partial charge in [-0.1, -0.05) is 36.4 Å². The topological polar surface area (TPSA) is 26.3 Å². The van der Waals surface area contributed by atoms with Gasteiger partial charge in [-0.2, -0.15) is 0 Å². The average molecular weight is 501 g/mol. The van der Waals surface area contributed by atoms with Gasteiger partial charge in [-0.25, -0.2) is 0 Å². The molecule has 2 nitrogen and oxygen atoms in total. The van der Waals surface area contributed by atoms with E-state index in [-0.39, 0.29) is 0 Å². The Balaban J connectivity index is 1.35. The van der Waals surface area contributed by atoms with Crippen molar-refractivity contribution in [2.24, 2.45) is 0 Å². The third-order valence-corrected chi connectivity index (χ3v) is 9.19. The summed E-state index contributed by atoms with van der Waals surface area (Å²) in [7, 11) is 0. The Kier molecular flexibility index (Phi) is 4.14. The maximum Gasteiger partial charge on any atom is 0.145 e. The highest BCUT2D eigenvalue weighted by Gasteiger charge is 2.15. The van der Waals surface area contributed by atoms with E-state index in [9.17, 15) is 0 Å². The third-order valence-electron chi connectivity index (χ3n) is 7.16. The summed E-state index contributed by atoms with van der Waals surface area (Å²) >= 11 is 3.53. The second kappa shape index (κ2) is 7.33. The Morgan fingerprint density at radius 1 is 0.417 bits per heavy atom. The molecule has 0 aliphatic heterocycles. The number of furan rings is 2. The average Bonchev–Trinajstić information content (AvgIpc) is 3.68. The molecule has 4 aromatic carbocycles. The van der Waals surface area contributed by atoms with Crippen molar-refractivity contribution in [1.29, 1.82) is 0 Å². The van der Waals surface area contributed by atoms with E-state index in [2.05, 4.69) is 98.8 Å². The van der Waals surface area contributed by atoms with E-state index in [4.69, 9.17) is 8.83 Å². The number of benzene rings is 4.